The summed E-state index contributed by atoms with van der Waals surface area (Å²) in [5.41, 5.74) is 0.680. The highest BCUT2D eigenvalue weighted by Gasteiger charge is 2.19. The number of nitriles is 1. The predicted octanol–water partition coefficient (Wildman–Crippen LogP) is 2.39. The first kappa shape index (κ1) is 26.3. The van der Waals surface area contributed by atoms with Crippen LogP contribution in [0, 0.1) is 11.3 Å². The van der Waals surface area contributed by atoms with Gasteiger partial charge >= 0.3 is 0 Å². The van der Waals surface area contributed by atoms with Crippen LogP contribution >= 0.6 is 23.5 Å². The lowest BCUT2D eigenvalue weighted by molar-refractivity contribution is -0.128. The molecule has 1 aromatic heterocycles. The van der Waals surface area contributed by atoms with Crippen molar-refractivity contribution >= 4 is 41.0 Å². The summed E-state index contributed by atoms with van der Waals surface area (Å²) in [5, 5.41) is 17.8. The van der Waals surface area contributed by atoms with Crippen LogP contribution < -0.4 is 15.5 Å². The summed E-state index contributed by atoms with van der Waals surface area (Å²) in [5.74, 6) is 6.87. The number of anilines is 1. The summed E-state index contributed by atoms with van der Waals surface area (Å²) in [6, 6.07) is 9.23. The maximum absolute atomic E-state index is 12.9. The number of amides is 2. The van der Waals surface area contributed by atoms with Crippen LogP contribution in [-0.4, -0.2) is 69.3 Å². The quantitative estimate of drug-likeness (QED) is 0.331. The molecule has 0 bridgehead atoms. The summed E-state index contributed by atoms with van der Waals surface area (Å²) in [6.45, 7) is 7.87. The van der Waals surface area contributed by atoms with Gasteiger partial charge in [0.1, 0.15) is 5.75 Å². The molecule has 1 aromatic carbocycles. The van der Waals surface area contributed by atoms with E-state index in [-0.39, 0.29) is 36.3 Å². The minimum absolute atomic E-state index is 0.000806. The van der Waals surface area contributed by atoms with Crippen molar-refractivity contribution in [1.29, 1.82) is 5.26 Å². The zero-order valence-electron chi connectivity index (χ0n) is 19.1. The van der Waals surface area contributed by atoms with Crippen molar-refractivity contribution in [2.75, 3.05) is 48.5 Å². The molecular weight excluding hydrogens is 462 g/mol. The van der Waals surface area contributed by atoms with Crippen LogP contribution in [0.3, 0.4) is 0 Å². The molecule has 2 N–H and O–H groups in total. The Morgan fingerprint density at radius 3 is 2.15 bits per heavy atom. The van der Waals surface area contributed by atoms with Crippen LogP contribution in [-0.2, 0) is 9.59 Å². The average molecular weight is 492 g/mol. The molecule has 0 saturated carbocycles. The van der Waals surface area contributed by atoms with Crippen LogP contribution in [0.4, 0.5) is 5.69 Å². The van der Waals surface area contributed by atoms with Crippen molar-refractivity contribution in [3.8, 4) is 11.8 Å². The minimum Gasteiger partial charge on any atom is -0.494 e. The lowest BCUT2D eigenvalue weighted by atomic mass is 10.2. The number of carbonyl (C=O) groups excluding carboxylic acids is 2. The van der Waals surface area contributed by atoms with E-state index in [2.05, 4.69) is 16.3 Å². The molecule has 0 unspecified atom stereocenters. The number of carbonyl (C=O) groups is 2. The van der Waals surface area contributed by atoms with Gasteiger partial charge in [0, 0.05) is 25.3 Å². The fraction of sp³-hybridized carbons (Fsp3) is 0.476. The van der Waals surface area contributed by atoms with Crippen LogP contribution in [0.1, 0.15) is 27.2 Å². The first-order valence-corrected chi connectivity index (χ1v) is 12.6. The van der Waals surface area contributed by atoms with Crippen LogP contribution in [0.5, 0.6) is 5.75 Å². The van der Waals surface area contributed by atoms with E-state index in [1.165, 1.54) is 16.4 Å². The summed E-state index contributed by atoms with van der Waals surface area (Å²) in [4.78, 5) is 28.4. The Morgan fingerprint density at radius 1 is 1.06 bits per heavy atom. The molecule has 2 rings (SSSR count). The standard InChI is InChI=1S/C21H29N7O3S2/c1-4-26(5-2)18(29)14-32-20-24-25-21(28(20)23)33-15-19(30)27(13-7-12-22)16-8-10-17(11-9-16)31-6-3/h8-11H,4-7,13-15,23H2,1-3H3. The van der Waals surface area contributed by atoms with Gasteiger partial charge in [-0.3, -0.25) is 9.59 Å². The number of aromatic nitrogens is 3. The Bertz CT molecular complexity index is 956. The topological polar surface area (TPSA) is 130 Å². The predicted molar refractivity (Wildman–Crippen MR) is 130 cm³/mol. The van der Waals surface area contributed by atoms with Crippen molar-refractivity contribution < 1.29 is 14.3 Å². The van der Waals surface area contributed by atoms with E-state index in [1.54, 1.807) is 34.1 Å². The number of hydrogen-bond acceptors (Lipinski definition) is 9. The Hall–Kier alpha value is -2.91. The molecule has 0 aliphatic carbocycles. The van der Waals surface area contributed by atoms with Gasteiger partial charge in [0.2, 0.25) is 22.1 Å². The van der Waals surface area contributed by atoms with Gasteiger partial charge in [0.25, 0.3) is 0 Å². The van der Waals surface area contributed by atoms with Crippen molar-refractivity contribution in [2.45, 2.75) is 37.5 Å². The molecule has 0 spiro atoms. The minimum atomic E-state index is -0.187. The monoisotopic (exact) mass is 491 g/mol. The Kier molecular flexibility index (Phi) is 10.9. The molecule has 2 aromatic rings. The van der Waals surface area contributed by atoms with Gasteiger partial charge in [0.15, 0.2) is 0 Å². The number of nitrogens with two attached hydrogens (primary N) is 1. The van der Waals surface area contributed by atoms with Gasteiger partial charge in [-0.05, 0) is 45.0 Å². The molecule has 33 heavy (non-hydrogen) atoms. The molecule has 178 valence electrons. The molecule has 1 heterocycles. The number of benzene rings is 1. The van der Waals surface area contributed by atoms with Gasteiger partial charge in [-0.2, -0.15) is 5.26 Å². The van der Waals surface area contributed by atoms with E-state index in [4.69, 9.17) is 15.8 Å². The largest absolute Gasteiger partial charge is 0.494 e. The molecule has 0 aliphatic heterocycles. The third-order valence-corrected chi connectivity index (χ3v) is 6.46. The van der Waals surface area contributed by atoms with E-state index >= 15 is 0 Å². The molecule has 2 amide bonds. The smallest absolute Gasteiger partial charge is 0.237 e. The number of rotatable bonds is 13. The van der Waals surface area contributed by atoms with E-state index in [0.29, 0.717) is 41.4 Å². The highest BCUT2D eigenvalue weighted by atomic mass is 32.2. The van der Waals surface area contributed by atoms with Crippen LogP contribution in [0.2, 0.25) is 0 Å². The Morgan fingerprint density at radius 2 is 1.64 bits per heavy atom. The van der Waals surface area contributed by atoms with E-state index in [1.807, 2.05) is 20.8 Å². The molecule has 0 fully saturated rings. The van der Waals surface area contributed by atoms with E-state index < -0.39 is 0 Å². The third kappa shape index (κ3) is 7.57. The van der Waals surface area contributed by atoms with Crippen LogP contribution in [0.15, 0.2) is 34.6 Å². The van der Waals surface area contributed by atoms with Crippen molar-refractivity contribution in [3.05, 3.63) is 24.3 Å². The molecule has 0 atom stereocenters. The molecule has 12 heteroatoms. The van der Waals surface area contributed by atoms with Crippen molar-refractivity contribution in [1.82, 2.24) is 19.8 Å². The van der Waals surface area contributed by atoms with Crippen molar-refractivity contribution in [2.24, 2.45) is 0 Å². The normalized spacial score (nSPS) is 10.5. The summed E-state index contributed by atoms with van der Waals surface area (Å²) in [6.07, 6.45) is 0.206. The van der Waals surface area contributed by atoms with E-state index in [9.17, 15) is 9.59 Å². The summed E-state index contributed by atoms with van der Waals surface area (Å²) in [7, 11) is 0. The average Bonchev–Trinajstić information content (AvgIpc) is 3.17. The molecule has 10 nitrogen and oxygen atoms in total. The number of ether oxygens (including phenoxy) is 1. The molecular formula is C21H29N7O3S2. The van der Waals surface area contributed by atoms with Gasteiger partial charge in [0.05, 0.1) is 30.6 Å². The number of nitrogen functional groups attached to an aromatic ring is 1. The van der Waals surface area contributed by atoms with Gasteiger partial charge < -0.3 is 20.4 Å². The lowest BCUT2D eigenvalue weighted by Crippen LogP contribution is -2.33. The third-order valence-electron chi connectivity index (χ3n) is 4.61. The second-order valence-corrected chi connectivity index (χ2v) is 8.54. The molecule has 0 aliphatic rings. The van der Waals surface area contributed by atoms with Gasteiger partial charge in [-0.25, -0.2) is 4.68 Å². The second kappa shape index (κ2) is 13.6. The molecule has 0 saturated heterocycles. The zero-order valence-corrected chi connectivity index (χ0v) is 20.7. The van der Waals surface area contributed by atoms with Gasteiger partial charge in [-0.1, -0.05) is 23.5 Å². The highest BCUT2D eigenvalue weighted by Crippen LogP contribution is 2.24. The zero-order chi connectivity index (χ0) is 24.2. The molecule has 0 radical (unpaired) electrons. The highest BCUT2D eigenvalue weighted by molar-refractivity contribution is 8.00. The van der Waals surface area contributed by atoms with Gasteiger partial charge in [-0.15, -0.1) is 10.2 Å². The van der Waals surface area contributed by atoms with Crippen LogP contribution in [0.25, 0.3) is 0 Å². The number of hydrogen-bond donors (Lipinski definition) is 1. The number of thioether (sulfide) groups is 2. The summed E-state index contributed by atoms with van der Waals surface area (Å²) < 4.78 is 6.73. The number of nitrogens with zero attached hydrogens (tertiary/aromatic N) is 6. The SMILES string of the molecule is CCOc1ccc(N(CCC#N)C(=O)CSc2nnc(SCC(=O)N(CC)CC)n2N)cc1. The fourth-order valence-electron chi connectivity index (χ4n) is 2.91. The van der Waals surface area contributed by atoms with E-state index in [0.717, 1.165) is 11.8 Å². The first-order valence-electron chi connectivity index (χ1n) is 10.6. The maximum Gasteiger partial charge on any atom is 0.237 e. The first-order chi connectivity index (χ1) is 15.9. The second-order valence-electron chi connectivity index (χ2n) is 6.66. The summed E-state index contributed by atoms with van der Waals surface area (Å²) >= 11 is 2.36. The maximum atomic E-state index is 12.9. The lowest BCUT2D eigenvalue weighted by Gasteiger charge is -2.22. The van der Waals surface area contributed by atoms with Crippen molar-refractivity contribution in [3.63, 3.8) is 0 Å². The Balaban J connectivity index is 2.00. The Labute approximate surface area is 202 Å². The fourth-order valence-corrected chi connectivity index (χ4v) is 4.46.